The molecule has 0 saturated carbocycles. The van der Waals surface area contributed by atoms with Gasteiger partial charge in [-0.2, -0.15) is 9.13 Å². The topological polar surface area (TPSA) is 24.6 Å². The molecular weight excluding hydrogens is 298 g/mol. The van der Waals surface area contributed by atoms with Crippen molar-refractivity contribution in [2.24, 2.45) is 0 Å². The normalized spacial score (nSPS) is 10.5. The van der Waals surface area contributed by atoms with Crippen LogP contribution in [0.25, 0.3) is 11.4 Å². The van der Waals surface area contributed by atoms with Crippen molar-refractivity contribution < 1.29 is 4.57 Å². The molecule has 0 aliphatic heterocycles. The van der Waals surface area contributed by atoms with Gasteiger partial charge in [0.2, 0.25) is 5.82 Å². The minimum absolute atomic E-state index is 0.593. The summed E-state index contributed by atoms with van der Waals surface area (Å²) >= 11 is 10.9. The first-order chi connectivity index (χ1) is 10.2. The molecule has 0 aliphatic carbocycles. The van der Waals surface area contributed by atoms with E-state index in [2.05, 4.69) is 4.98 Å². The van der Waals surface area contributed by atoms with E-state index in [9.17, 15) is 0 Å². The van der Waals surface area contributed by atoms with E-state index in [1.165, 1.54) is 0 Å². The summed E-state index contributed by atoms with van der Waals surface area (Å²) in [5.41, 5.74) is 2.02. The van der Waals surface area contributed by atoms with E-state index in [-0.39, 0.29) is 0 Å². The Balaban J connectivity index is 2.34. The highest BCUT2D eigenvalue weighted by molar-refractivity contribution is 7.71. The van der Waals surface area contributed by atoms with E-state index < -0.39 is 0 Å². The van der Waals surface area contributed by atoms with Crippen LogP contribution in [-0.2, 0) is 0 Å². The maximum Gasteiger partial charge on any atom is 0.302 e. The van der Waals surface area contributed by atoms with Gasteiger partial charge in [-0.1, -0.05) is 36.4 Å². The monoisotopic (exact) mass is 312 g/mol. The van der Waals surface area contributed by atoms with Crippen molar-refractivity contribution in [3.63, 3.8) is 0 Å². The molecule has 0 unspecified atom stereocenters. The summed E-state index contributed by atoms with van der Waals surface area (Å²) < 4.78 is 5.16. The largest absolute Gasteiger partial charge is 0.302 e. The highest BCUT2D eigenvalue weighted by Gasteiger charge is 2.16. The van der Waals surface area contributed by atoms with Crippen LogP contribution in [0.2, 0.25) is 0 Å². The van der Waals surface area contributed by atoms with Gasteiger partial charge in [-0.05, 0) is 48.7 Å². The van der Waals surface area contributed by atoms with Crippen molar-refractivity contribution in [3.8, 4) is 11.4 Å². The van der Waals surface area contributed by atoms with Crippen LogP contribution in [0.5, 0.6) is 0 Å². The fourth-order valence-electron chi connectivity index (χ4n) is 2.36. The number of hydrogen-bond donors (Lipinski definition) is 1. The van der Waals surface area contributed by atoms with E-state index in [4.69, 9.17) is 24.4 Å². The molecule has 1 N–H and O–H groups in total. The van der Waals surface area contributed by atoms with Crippen molar-refractivity contribution in [1.29, 1.82) is 0 Å². The van der Waals surface area contributed by atoms with Crippen molar-refractivity contribution in [3.05, 3.63) is 76.0 Å². The van der Waals surface area contributed by atoms with E-state index in [0.717, 1.165) is 17.2 Å². The Morgan fingerprint density at radius 2 is 1.48 bits per heavy atom. The molecule has 2 aromatic carbocycles. The number of H-pyrrole nitrogens is 1. The SMILES string of the molecule is Cc1n(-c2ccccc2)c(=S)[nH]c(=S)[n+]1-c1ccccc1. The molecular formula is C16H14N3S2+. The first-order valence-corrected chi connectivity index (χ1v) is 7.39. The molecule has 0 radical (unpaired) electrons. The molecule has 1 aromatic heterocycles. The van der Waals surface area contributed by atoms with Crippen molar-refractivity contribution in [1.82, 2.24) is 9.55 Å². The Kier molecular flexibility index (Phi) is 3.77. The number of nitrogens with one attached hydrogen (secondary N) is 1. The maximum absolute atomic E-state index is 5.45. The van der Waals surface area contributed by atoms with Gasteiger partial charge >= 0.3 is 9.54 Å². The van der Waals surface area contributed by atoms with Gasteiger partial charge in [0.05, 0.1) is 0 Å². The lowest BCUT2D eigenvalue weighted by Gasteiger charge is -2.10. The second-order valence-electron chi connectivity index (χ2n) is 4.62. The summed E-state index contributed by atoms with van der Waals surface area (Å²) in [6, 6.07) is 20.0. The fourth-order valence-corrected chi connectivity index (χ4v) is 3.09. The molecule has 0 amide bonds. The second-order valence-corrected chi connectivity index (χ2v) is 5.40. The predicted octanol–water partition coefficient (Wildman–Crippen LogP) is 3.85. The quantitative estimate of drug-likeness (QED) is 0.574. The summed E-state index contributed by atoms with van der Waals surface area (Å²) in [6.07, 6.45) is 0. The molecule has 1 heterocycles. The van der Waals surface area contributed by atoms with Gasteiger partial charge in [-0.3, -0.25) is 0 Å². The van der Waals surface area contributed by atoms with Gasteiger partial charge < -0.3 is 0 Å². The van der Waals surface area contributed by atoms with Crippen LogP contribution in [0, 0.1) is 16.5 Å². The van der Waals surface area contributed by atoms with Crippen LogP contribution in [0.3, 0.4) is 0 Å². The molecule has 0 atom stereocenters. The van der Waals surface area contributed by atoms with E-state index in [1.807, 2.05) is 76.7 Å². The third-order valence-corrected chi connectivity index (χ3v) is 3.87. The molecule has 104 valence electrons. The molecule has 3 aromatic rings. The molecule has 21 heavy (non-hydrogen) atoms. The molecule has 5 heteroatoms. The van der Waals surface area contributed by atoms with Gasteiger partial charge in [0.25, 0.3) is 0 Å². The van der Waals surface area contributed by atoms with E-state index >= 15 is 0 Å². The first-order valence-electron chi connectivity index (χ1n) is 6.57. The number of hydrogen-bond acceptors (Lipinski definition) is 2. The Labute approximate surface area is 133 Å². The first kappa shape index (κ1) is 13.9. The van der Waals surface area contributed by atoms with Crippen molar-refractivity contribution >= 4 is 24.4 Å². The minimum Gasteiger partial charge on any atom is -0.225 e. The molecule has 0 spiro atoms. The van der Waals surface area contributed by atoms with Crippen molar-refractivity contribution in [2.45, 2.75) is 6.92 Å². The van der Waals surface area contributed by atoms with Gasteiger partial charge in [-0.15, -0.1) is 0 Å². The van der Waals surface area contributed by atoms with Crippen LogP contribution < -0.4 is 4.57 Å². The van der Waals surface area contributed by atoms with Crippen molar-refractivity contribution in [2.75, 3.05) is 0 Å². The highest BCUT2D eigenvalue weighted by atomic mass is 32.1. The van der Waals surface area contributed by atoms with E-state index in [1.54, 1.807) is 0 Å². The number of aromatic amines is 1. The lowest BCUT2D eigenvalue weighted by molar-refractivity contribution is -0.618. The fraction of sp³-hybridized carbons (Fsp3) is 0.0625. The summed E-state index contributed by atoms with van der Waals surface area (Å²) in [4.78, 5) is 3.10. The molecule has 0 fully saturated rings. The Hall–Kier alpha value is -2.11. The summed E-state index contributed by atoms with van der Waals surface area (Å²) in [5, 5.41) is 0. The van der Waals surface area contributed by atoms with Gasteiger partial charge in [-0.25, -0.2) is 4.98 Å². The average molecular weight is 312 g/mol. The van der Waals surface area contributed by atoms with E-state index in [0.29, 0.717) is 9.54 Å². The summed E-state index contributed by atoms with van der Waals surface area (Å²) in [7, 11) is 0. The second kappa shape index (κ2) is 5.71. The zero-order valence-corrected chi connectivity index (χ0v) is 13.1. The summed E-state index contributed by atoms with van der Waals surface area (Å²) in [5.74, 6) is 0.959. The van der Waals surface area contributed by atoms with Crippen LogP contribution in [-0.4, -0.2) is 9.55 Å². The number of rotatable bonds is 2. The molecule has 0 bridgehead atoms. The number of para-hydroxylation sites is 2. The summed E-state index contributed by atoms with van der Waals surface area (Å²) in [6.45, 7) is 2.01. The lowest BCUT2D eigenvalue weighted by Crippen LogP contribution is -2.40. The third kappa shape index (κ3) is 2.57. The van der Waals surface area contributed by atoms with Crippen LogP contribution >= 0.6 is 24.4 Å². The predicted molar refractivity (Wildman–Crippen MR) is 88.1 cm³/mol. The Bertz CT molecular complexity index is 809. The van der Waals surface area contributed by atoms with Crippen LogP contribution in [0.4, 0.5) is 0 Å². The van der Waals surface area contributed by atoms with Crippen LogP contribution in [0.15, 0.2) is 60.7 Å². The lowest BCUT2D eigenvalue weighted by atomic mass is 10.3. The molecule has 0 aliphatic rings. The number of nitrogens with zero attached hydrogens (tertiary/aromatic N) is 2. The molecule has 0 saturated heterocycles. The zero-order chi connectivity index (χ0) is 14.8. The van der Waals surface area contributed by atoms with Crippen LogP contribution in [0.1, 0.15) is 5.82 Å². The smallest absolute Gasteiger partial charge is 0.225 e. The third-order valence-electron chi connectivity index (χ3n) is 3.30. The van der Waals surface area contributed by atoms with Gasteiger partial charge in [0.15, 0.2) is 0 Å². The Morgan fingerprint density at radius 3 is 2.10 bits per heavy atom. The van der Waals surface area contributed by atoms with Gasteiger partial charge in [0, 0.05) is 6.92 Å². The average Bonchev–Trinajstić information content (AvgIpc) is 2.49. The molecule has 3 nitrogen and oxygen atoms in total. The standard InChI is InChI=1S/C16H13N3S2/c1-12-18(13-8-4-2-5-9-13)15(20)17-16(21)19(12)14-10-6-3-7-11-14/h2-11H,1H3/p+1. The maximum atomic E-state index is 5.45. The number of benzene rings is 2. The zero-order valence-electron chi connectivity index (χ0n) is 11.5. The minimum atomic E-state index is 0.593. The molecule has 3 rings (SSSR count). The Morgan fingerprint density at radius 1 is 0.905 bits per heavy atom. The van der Waals surface area contributed by atoms with Gasteiger partial charge in [0.1, 0.15) is 11.4 Å². The number of aromatic nitrogens is 3. The highest BCUT2D eigenvalue weighted by Crippen LogP contribution is 2.10.